The summed E-state index contributed by atoms with van der Waals surface area (Å²) in [6.07, 6.45) is 0.985. The third-order valence-electron chi connectivity index (χ3n) is 2.71. The molecule has 1 atom stereocenters. The average molecular weight is 348 g/mol. The first-order chi connectivity index (χ1) is 8.90. The number of hydrogen-bond donors (Lipinski definition) is 2. The zero-order chi connectivity index (χ0) is 14.4. The fourth-order valence-electron chi connectivity index (χ4n) is 1.54. The molecule has 2 N–H and O–H groups in total. The van der Waals surface area contributed by atoms with Crippen LogP contribution in [-0.4, -0.2) is 18.5 Å². The number of carbonyl (C=O) groups is 1. The number of anilines is 1. The van der Waals surface area contributed by atoms with Gasteiger partial charge in [0.1, 0.15) is 6.04 Å². The van der Waals surface area contributed by atoms with Gasteiger partial charge in [-0.2, -0.15) is 0 Å². The van der Waals surface area contributed by atoms with E-state index in [-0.39, 0.29) is 11.9 Å². The first-order valence-electron chi connectivity index (χ1n) is 6.39. The Bertz CT molecular complexity index is 437. The van der Waals surface area contributed by atoms with E-state index >= 15 is 0 Å². The number of hydrogen-bond acceptors (Lipinski definition) is 2. The molecule has 1 rings (SSSR count). The molecular formula is C14H20BrClN2O. The summed E-state index contributed by atoms with van der Waals surface area (Å²) in [5, 5.41) is 6.70. The Morgan fingerprint density at radius 1 is 1.37 bits per heavy atom. The normalized spacial score (nSPS) is 12.3. The van der Waals surface area contributed by atoms with E-state index in [0.717, 1.165) is 16.6 Å². The molecule has 0 radical (unpaired) electrons. The maximum atomic E-state index is 11.9. The first-order valence-corrected chi connectivity index (χ1v) is 7.56. The standard InChI is InChI=1S/C14H20BrClN2O/c1-9(2)6-7-17-14(19)10(3)18-13-8-11(16)4-5-12(13)15/h4-5,8-10,18H,6-7H2,1-3H3,(H,17,19). The molecule has 1 amide bonds. The molecule has 0 fully saturated rings. The van der Waals surface area contributed by atoms with Crippen LogP contribution in [0.2, 0.25) is 5.02 Å². The fourth-order valence-corrected chi connectivity index (χ4v) is 2.08. The van der Waals surface area contributed by atoms with E-state index < -0.39 is 0 Å². The second-order valence-corrected chi connectivity index (χ2v) is 6.25. The lowest BCUT2D eigenvalue weighted by Gasteiger charge is -2.17. The van der Waals surface area contributed by atoms with Crippen LogP contribution in [0.4, 0.5) is 5.69 Å². The topological polar surface area (TPSA) is 41.1 Å². The summed E-state index contributed by atoms with van der Waals surface area (Å²) in [5.74, 6) is 0.582. The number of rotatable bonds is 6. The Morgan fingerprint density at radius 3 is 2.68 bits per heavy atom. The van der Waals surface area contributed by atoms with Crippen molar-refractivity contribution in [2.45, 2.75) is 33.2 Å². The van der Waals surface area contributed by atoms with Crippen molar-refractivity contribution in [2.75, 3.05) is 11.9 Å². The molecule has 5 heteroatoms. The molecule has 1 aromatic carbocycles. The van der Waals surface area contributed by atoms with Crippen LogP contribution in [0.15, 0.2) is 22.7 Å². The number of benzene rings is 1. The highest BCUT2D eigenvalue weighted by atomic mass is 79.9. The summed E-state index contributed by atoms with van der Waals surface area (Å²) in [4.78, 5) is 11.9. The van der Waals surface area contributed by atoms with E-state index in [1.54, 1.807) is 12.1 Å². The molecule has 0 saturated carbocycles. The van der Waals surface area contributed by atoms with Crippen molar-refractivity contribution in [2.24, 2.45) is 5.92 Å². The maximum absolute atomic E-state index is 11.9. The molecule has 19 heavy (non-hydrogen) atoms. The van der Waals surface area contributed by atoms with E-state index in [9.17, 15) is 4.79 Å². The number of carbonyl (C=O) groups excluding carboxylic acids is 1. The van der Waals surface area contributed by atoms with Gasteiger partial charge in [0.25, 0.3) is 0 Å². The zero-order valence-electron chi connectivity index (χ0n) is 11.5. The van der Waals surface area contributed by atoms with E-state index in [0.29, 0.717) is 17.5 Å². The summed E-state index contributed by atoms with van der Waals surface area (Å²) in [7, 11) is 0. The number of nitrogens with one attached hydrogen (secondary N) is 2. The van der Waals surface area contributed by atoms with Crippen LogP contribution in [0.25, 0.3) is 0 Å². The lowest BCUT2D eigenvalue weighted by molar-refractivity contribution is -0.121. The minimum Gasteiger partial charge on any atom is -0.373 e. The molecule has 0 aliphatic carbocycles. The molecular weight excluding hydrogens is 328 g/mol. The minimum atomic E-state index is -0.304. The smallest absolute Gasteiger partial charge is 0.242 e. The van der Waals surface area contributed by atoms with Crippen molar-refractivity contribution in [1.82, 2.24) is 5.32 Å². The van der Waals surface area contributed by atoms with Gasteiger partial charge in [0.2, 0.25) is 5.91 Å². The predicted octanol–water partition coefficient (Wildman–Crippen LogP) is 4.07. The second kappa shape index (κ2) is 7.75. The third kappa shape index (κ3) is 5.83. The van der Waals surface area contributed by atoms with Gasteiger partial charge >= 0.3 is 0 Å². The van der Waals surface area contributed by atoms with Crippen molar-refractivity contribution >= 4 is 39.1 Å². The van der Waals surface area contributed by atoms with Gasteiger partial charge in [0.15, 0.2) is 0 Å². The van der Waals surface area contributed by atoms with Gasteiger partial charge in [-0.1, -0.05) is 25.4 Å². The summed E-state index contributed by atoms with van der Waals surface area (Å²) < 4.78 is 0.888. The Morgan fingerprint density at radius 2 is 2.05 bits per heavy atom. The van der Waals surface area contributed by atoms with Crippen LogP contribution in [0.3, 0.4) is 0 Å². The predicted molar refractivity (Wildman–Crippen MR) is 84.7 cm³/mol. The Kier molecular flexibility index (Phi) is 6.66. The van der Waals surface area contributed by atoms with Crippen LogP contribution < -0.4 is 10.6 Å². The number of halogens is 2. The second-order valence-electron chi connectivity index (χ2n) is 4.96. The summed E-state index contributed by atoms with van der Waals surface area (Å²) in [6, 6.07) is 5.14. The molecule has 0 aliphatic heterocycles. The fraction of sp³-hybridized carbons (Fsp3) is 0.500. The molecule has 0 bridgehead atoms. The molecule has 0 spiro atoms. The van der Waals surface area contributed by atoms with Crippen LogP contribution >= 0.6 is 27.5 Å². The van der Waals surface area contributed by atoms with Gasteiger partial charge in [0.05, 0.1) is 5.69 Å². The SMILES string of the molecule is CC(C)CCNC(=O)C(C)Nc1cc(Cl)ccc1Br. The average Bonchev–Trinajstić information content (AvgIpc) is 2.33. The molecule has 106 valence electrons. The first kappa shape index (κ1) is 16.3. The van der Waals surface area contributed by atoms with Gasteiger partial charge in [0, 0.05) is 16.0 Å². The van der Waals surface area contributed by atoms with Gasteiger partial charge < -0.3 is 10.6 Å². The Labute approximate surface area is 128 Å². The van der Waals surface area contributed by atoms with Gasteiger partial charge in [-0.05, 0) is 53.4 Å². The van der Waals surface area contributed by atoms with Crippen molar-refractivity contribution in [3.63, 3.8) is 0 Å². The maximum Gasteiger partial charge on any atom is 0.242 e. The highest BCUT2D eigenvalue weighted by Crippen LogP contribution is 2.26. The monoisotopic (exact) mass is 346 g/mol. The van der Waals surface area contributed by atoms with Gasteiger partial charge in [-0.3, -0.25) is 4.79 Å². The Balaban J connectivity index is 2.51. The van der Waals surface area contributed by atoms with Crippen LogP contribution in [0, 0.1) is 5.92 Å². The molecule has 0 saturated heterocycles. The molecule has 1 unspecified atom stereocenters. The van der Waals surface area contributed by atoms with Crippen LogP contribution in [-0.2, 0) is 4.79 Å². The van der Waals surface area contributed by atoms with Crippen LogP contribution in [0.5, 0.6) is 0 Å². The van der Waals surface area contributed by atoms with Crippen molar-refractivity contribution in [3.8, 4) is 0 Å². The highest BCUT2D eigenvalue weighted by Gasteiger charge is 2.13. The van der Waals surface area contributed by atoms with E-state index in [1.165, 1.54) is 0 Å². The third-order valence-corrected chi connectivity index (χ3v) is 3.64. The molecule has 0 heterocycles. The Hall–Kier alpha value is -0.740. The van der Waals surface area contributed by atoms with Crippen molar-refractivity contribution in [3.05, 3.63) is 27.7 Å². The van der Waals surface area contributed by atoms with Gasteiger partial charge in [-0.15, -0.1) is 0 Å². The minimum absolute atomic E-state index is 0.00692. The molecule has 1 aromatic rings. The molecule has 0 aromatic heterocycles. The quantitative estimate of drug-likeness (QED) is 0.814. The molecule has 0 aliphatic rings. The van der Waals surface area contributed by atoms with E-state index in [4.69, 9.17) is 11.6 Å². The largest absolute Gasteiger partial charge is 0.373 e. The zero-order valence-corrected chi connectivity index (χ0v) is 13.8. The lowest BCUT2D eigenvalue weighted by Crippen LogP contribution is -2.38. The van der Waals surface area contributed by atoms with Crippen molar-refractivity contribution < 1.29 is 4.79 Å². The summed E-state index contributed by atoms with van der Waals surface area (Å²) in [5.41, 5.74) is 0.819. The molecule has 3 nitrogen and oxygen atoms in total. The van der Waals surface area contributed by atoms with E-state index in [1.807, 2.05) is 13.0 Å². The summed E-state index contributed by atoms with van der Waals surface area (Å²) in [6.45, 7) is 6.81. The highest BCUT2D eigenvalue weighted by molar-refractivity contribution is 9.10. The van der Waals surface area contributed by atoms with E-state index in [2.05, 4.69) is 40.4 Å². The number of amides is 1. The van der Waals surface area contributed by atoms with Crippen molar-refractivity contribution in [1.29, 1.82) is 0 Å². The van der Waals surface area contributed by atoms with Crippen LogP contribution in [0.1, 0.15) is 27.2 Å². The lowest BCUT2D eigenvalue weighted by atomic mass is 10.1. The van der Waals surface area contributed by atoms with Gasteiger partial charge in [-0.25, -0.2) is 0 Å². The summed E-state index contributed by atoms with van der Waals surface area (Å²) >= 11 is 9.36.